The molecule has 0 saturated heterocycles. The summed E-state index contributed by atoms with van der Waals surface area (Å²) in [6.45, 7) is 3.55. The molecular formula is C9H19N. The third-order valence-electron chi connectivity index (χ3n) is 2.81. The molecule has 1 saturated carbocycles. The van der Waals surface area contributed by atoms with Gasteiger partial charge in [-0.15, -0.1) is 0 Å². The van der Waals surface area contributed by atoms with Gasteiger partial charge in [-0.05, 0) is 31.8 Å². The highest BCUT2D eigenvalue weighted by atomic mass is 14.8. The molecule has 0 amide bonds. The Morgan fingerprint density at radius 1 is 1.30 bits per heavy atom. The molecule has 0 radical (unpaired) electrons. The maximum atomic E-state index is 3.27. The summed E-state index contributed by atoms with van der Waals surface area (Å²) in [4.78, 5) is 0. The van der Waals surface area contributed by atoms with Crippen molar-refractivity contribution < 1.29 is 0 Å². The predicted molar refractivity (Wildman–Crippen MR) is 45.0 cm³/mol. The second-order valence-corrected chi connectivity index (χ2v) is 3.42. The van der Waals surface area contributed by atoms with Crippen molar-refractivity contribution in [1.82, 2.24) is 5.32 Å². The Labute approximate surface area is 64.2 Å². The van der Waals surface area contributed by atoms with Crippen molar-refractivity contribution in [3.63, 3.8) is 0 Å². The molecule has 1 fully saturated rings. The summed E-state index contributed by atoms with van der Waals surface area (Å²) in [7, 11) is 2.06. The molecule has 0 spiro atoms. The van der Waals surface area contributed by atoms with Gasteiger partial charge in [0.15, 0.2) is 0 Å². The van der Waals surface area contributed by atoms with E-state index in [1.54, 1.807) is 0 Å². The molecule has 0 aliphatic heterocycles. The van der Waals surface area contributed by atoms with Gasteiger partial charge in [0.2, 0.25) is 0 Å². The summed E-state index contributed by atoms with van der Waals surface area (Å²) >= 11 is 0. The van der Waals surface area contributed by atoms with E-state index in [1.165, 1.54) is 32.2 Å². The van der Waals surface area contributed by atoms with Gasteiger partial charge in [-0.3, -0.25) is 0 Å². The summed E-state index contributed by atoms with van der Waals surface area (Å²) < 4.78 is 0. The first-order valence-corrected chi connectivity index (χ1v) is 4.53. The van der Waals surface area contributed by atoms with Crippen LogP contribution >= 0.6 is 0 Å². The Balaban J connectivity index is 2.27. The van der Waals surface area contributed by atoms with Gasteiger partial charge in [-0.25, -0.2) is 0 Å². The van der Waals surface area contributed by atoms with Crippen molar-refractivity contribution >= 4 is 0 Å². The van der Waals surface area contributed by atoms with Crippen LogP contribution < -0.4 is 5.32 Å². The van der Waals surface area contributed by atoms with Gasteiger partial charge in [0.25, 0.3) is 0 Å². The average molecular weight is 141 g/mol. The lowest BCUT2D eigenvalue weighted by Crippen LogP contribution is -2.21. The zero-order valence-corrected chi connectivity index (χ0v) is 7.19. The highest BCUT2D eigenvalue weighted by Gasteiger charge is 2.24. The van der Waals surface area contributed by atoms with Gasteiger partial charge >= 0.3 is 0 Å². The Morgan fingerprint density at radius 3 is 2.60 bits per heavy atom. The van der Waals surface area contributed by atoms with Crippen LogP contribution in [-0.2, 0) is 0 Å². The monoisotopic (exact) mass is 141 g/mol. The zero-order valence-electron chi connectivity index (χ0n) is 7.19. The molecule has 60 valence electrons. The maximum absolute atomic E-state index is 3.27. The van der Waals surface area contributed by atoms with Gasteiger partial charge in [-0.1, -0.05) is 26.2 Å². The zero-order chi connectivity index (χ0) is 7.40. The molecule has 0 aromatic carbocycles. The first-order valence-electron chi connectivity index (χ1n) is 4.53. The first kappa shape index (κ1) is 8.06. The minimum absolute atomic E-state index is 0.981. The van der Waals surface area contributed by atoms with E-state index in [4.69, 9.17) is 0 Å². The van der Waals surface area contributed by atoms with Crippen LogP contribution in [0.4, 0.5) is 0 Å². The molecule has 0 heterocycles. The molecule has 1 aliphatic carbocycles. The van der Waals surface area contributed by atoms with E-state index >= 15 is 0 Å². The smallest absolute Gasteiger partial charge is 0.00209 e. The van der Waals surface area contributed by atoms with Crippen molar-refractivity contribution in [3.8, 4) is 0 Å². The van der Waals surface area contributed by atoms with Crippen molar-refractivity contribution in [2.24, 2.45) is 11.8 Å². The summed E-state index contributed by atoms with van der Waals surface area (Å²) in [5, 5.41) is 3.27. The fourth-order valence-electron chi connectivity index (χ4n) is 2.18. The maximum Gasteiger partial charge on any atom is -0.00209 e. The van der Waals surface area contributed by atoms with E-state index in [9.17, 15) is 0 Å². The third-order valence-corrected chi connectivity index (χ3v) is 2.81. The van der Waals surface area contributed by atoms with Gasteiger partial charge in [0, 0.05) is 0 Å². The van der Waals surface area contributed by atoms with Gasteiger partial charge in [0.05, 0.1) is 0 Å². The topological polar surface area (TPSA) is 12.0 Å². The van der Waals surface area contributed by atoms with Crippen LogP contribution in [0.25, 0.3) is 0 Å². The molecule has 1 heteroatoms. The van der Waals surface area contributed by atoms with Gasteiger partial charge < -0.3 is 5.32 Å². The quantitative estimate of drug-likeness (QED) is 0.634. The van der Waals surface area contributed by atoms with Gasteiger partial charge in [-0.2, -0.15) is 0 Å². The van der Waals surface area contributed by atoms with Crippen molar-refractivity contribution in [2.45, 2.75) is 32.6 Å². The standard InChI is InChI=1S/C9H19N/c1-3-8-5-4-6-9(8)7-10-2/h8-10H,3-7H2,1-2H3. The lowest BCUT2D eigenvalue weighted by atomic mass is 9.94. The summed E-state index contributed by atoms with van der Waals surface area (Å²) in [6.07, 6.45) is 5.78. The molecule has 1 nitrogen and oxygen atoms in total. The molecule has 10 heavy (non-hydrogen) atoms. The van der Waals surface area contributed by atoms with E-state index < -0.39 is 0 Å². The van der Waals surface area contributed by atoms with Crippen LogP contribution in [0.2, 0.25) is 0 Å². The molecule has 0 aromatic rings. The number of nitrogens with one attached hydrogen (secondary N) is 1. The van der Waals surface area contributed by atoms with Crippen LogP contribution in [0, 0.1) is 11.8 Å². The van der Waals surface area contributed by atoms with E-state index in [1.807, 2.05) is 0 Å². The SMILES string of the molecule is CCC1CCCC1CNC. The fraction of sp³-hybridized carbons (Fsp3) is 1.00. The molecule has 0 bridgehead atoms. The Kier molecular flexibility index (Phi) is 3.20. The van der Waals surface area contributed by atoms with E-state index in [0.717, 1.165) is 11.8 Å². The minimum atomic E-state index is 0.981. The largest absolute Gasteiger partial charge is 0.319 e. The van der Waals surface area contributed by atoms with Crippen LogP contribution in [-0.4, -0.2) is 13.6 Å². The summed E-state index contributed by atoms with van der Waals surface area (Å²) in [5.41, 5.74) is 0. The highest BCUT2D eigenvalue weighted by molar-refractivity contribution is 4.77. The number of rotatable bonds is 3. The van der Waals surface area contributed by atoms with Crippen molar-refractivity contribution in [3.05, 3.63) is 0 Å². The van der Waals surface area contributed by atoms with Crippen LogP contribution in [0.1, 0.15) is 32.6 Å². The molecule has 0 aromatic heterocycles. The van der Waals surface area contributed by atoms with Crippen molar-refractivity contribution in [2.75, 3.05) is 13.6 Å². The highest BCUT2D eigenvalue weighted by Crippen LogP contribution is 2.33. The normalized spacial score (nSPS) is 33.0. The summed E-state index contributed by atoms with van der Waals surface area (Å²) in [5.74, 6) is 2.00. The Bertz CT molecular complexity index is 90.7. The Hall–Kier alpha value is -0.0400. The molecule has 1 rings (SSSR count). The lowest BCUT2D eigenvalue weighted by molar-refractivity contribution is 0.367. The number of hydrogen-bond donors (Lipinski definition) is 1. The minimum Gasteiger partial charge on any atom is -0.319 e. The first-order chi connectivity index (χ1) is 4.88. The third kappa shape index (κ3) is 1.72. The summed E-state index contributed by atoms with van der Waals surface area (Å²) in [6, 6.07) is 0. The van der Waals surface area contributed by atoms with E-state index in [2.05, 4.69) is 19.3 Å². The van der Waals surface area contributed by atoms with Crippen LogP contribution in [0.3, 0.4) is 0 Å². The molecule has 2 unspecified atom stereocenters. The second kappa shape index (κ2) is 3.97. The molecular weight excluding hydrogens is 122 g/mol. The Morgan fingerprint density at radius 2 is 2.00 bits per heavy atom. The fourth-order valence-corrected chi connectivity index (χ4v) is 2.18. The van der Waals surface area contributed by atoms with Crippen molar-refractivity contribution in [1.29, 1.82) is 0 Å². The van der Waals surface area contributed by atoms with Gasteiger partial charge in [0.1, 0.15) is 0 Å². The molecule has 2 atom stereocenters. The molecule has 1 N–H and O–H groups in total. The average Bonchev–Trinajstić information content (AvgIpc) is 2.36. The molecule has 1 aliphatic rings. The number of hydrogen-bond acceptors (Lipinski definition) is 1. The second-order valence-electron chi connectivity index (χ2n) is 3.42. The predicted octanol–water partition coefficient (Wildman–Crippen LogP) is 2.03. The van der Waals surface area contributed by atoms with Crippen LogP contribution in [0.5, 0.6) is 0 Å². The van der Waals surface area contributed by atoms with E-state index in [0.29, 0.717) is 0 Å². The van der Waals surface area contributed by atoms with Crippen LogP contribution in [0.15, 0.2) is 0 Å². The lowest BCUT2D eigenvalue weighted by Gasteiger charge is -2.16. The van der Waals surface area contributed by atoms with E-state index in [-0.39, 0.29) is 0 Å².